The Morgan fingerprint density at radius 2 is 1.76 bits per heavy atom. The number of hydrogen-bond acceptors (Lipinski definition) is 4. The molecule has 4 heteroatoms. The second-order valence-corrected chi connectivity index (χ2v) is 5.65. The molecule has 0 bridgehead atoms. The maximum atomic E-state index is 10.6. The van der Waals surface area contributed by atoms with Crippen molar-refractivity contribution in [2.45, 2.75) is 39.7 Å². The minimum absolute atomic E-state index is 0.610. The summed E-state index contributed by atoms with van der Waals surface area (Å²) >= 11 is 0. The molecule has 2 aromatic rings. The van der Waals surface area contributed by atoms with E-state index in [-0.39, 0.29) is 0 Å². The predicted molar refractivity (Wildman–Crippen MR) is 85.4 cm³/mol. The zero-order chi connectivity index (χ0) is 15.5. The van der Waals surface area contributed by atoms with Gasteiger partial charge in [-0.05, 0) is 39.7 Å². The quantitative estimate of drug-likeness (QED) is 0.886. The van der Waals surface area contributed by atoms with Crippen LogP contribution in [0.15, 0.2) is 30.3 Å². The number of nitrogens with one attached hydrogen (secondary N) is 1. The summed E-state index contributed by atoms with van der Waals surface area (Å²) in [6.45, 7) is 8.37. The Hall–Kier alpha value is -1.94. The number of aliphatic hydroxyl groups is 1. The van der Waals surface area contributed by atoms with Crippen LogP contribution in [0, 0.1) is 20.8 Å². The standard InChI is InChI=1S/C17H23N3O/c1-12-13(2)19-14(3)20-16(12)18-11-10-17(4,21)15-8-6-5-7-9-15/h5-9,21H,10-11H2,1-4H3,(H,18,19,20). The van der Waals surface area contributed by atoms with E-state index in [2.05, 4.69) is 15.3 Å². The average Bonchev–Trinajstić information content (AvgIpc) is 2.45. The fraction of sp³-hybridized carbons (Fsp3) is 0.412. The van der Waals surface area contributed by atoms with Crippen LogP contribution in [0.25, 0.3) is 0 Å². The minimum Gasteiger partial charge on any atom is -0.385 e. The summed E-state index contributed by atoms with van der Waals surface area (Å²) in [5.41, 5.74) is 2.12. The van der Waals surface area contributed by atoms with E-state index < -0.39 is 5.60 Å². The van der Waals surface area contributed by atoms with Crippen LogP contribution < -0.4 is 5.32 Å². The molecule has 0 fully saturated rings. The molecule has 21 heavy (non-hydrogen) atoms. The van der Waals surface area contributed by atoms with Gasteiger partial charge in [-0.15, -0.1) is 0 Å². The zero-order valence-electron chi connectivity index (χ0n) is 13.1. The molecule has 0 aliphatic carbocycles. The highest BCUT2D eigenvalue weighted by atomic mass is 16.3. The molecule has 1 unspecified atom stereocenters. The normalized spacial score (nSPS) is 13.8. The van der Waals surface area contributed by atoms with Gasteiger partial charge in [0.05, 0.1) is 5.60 Å². The smallest absolute Gasteiger partial charge is 0.132 e. The van der Waals surface area contributed by atoms with Crippen LogP contribution in [0.1, 0.15) is 36.0 Å². The number of rotatable bonds is 5. The van der Waals surface area contributed by atoms with Crippen LogP contribution in [0.3, 0.4) is 0 Å². The molecular weight excluding hydrogens is 262 g/mol. The first-order valence-electron chi connectivity index (χ1n) is 7.24. The molecule has 1 aromatic heterocycles. The molecule has 1 aromatic carbocycles. The van der Waals surface area contributed by atoms with E-state index in [1.165, 1.54) is 0 Å². The van der Waals surface area contributed by atoms with Gasteiger partial charge in [0, 0.05) is 17.8 Å². The Bertz CT molecular complexity index is 609. The summed E-state index contributed by atoms with van der Waals surface area (Å²) in [6.07, 6.45) is 0.610. The molecular formula is C17H23N3O. The molecule has 0 radical (unpaired) electrons. The van der Waals surface area contributed by atoms with Gasteiger partial charge in [-0.1, -0.05) is 30.3 Å². The number of nitrogens with zero attached hydrogens (tertiary/aromatic N) is 2. The SMILES string of the molecule is Cc1nc(C)c(C)c(NCCC(C)(O)c2ccccc2)n1. The highest BCUT2D eigenvalue weighted by Crippen LogP contribution is 2.24. The van der Waals surface area contributed by atoms with Gasteiger partial charge >= 0.3 is 0 Å². The summed E-state index contributed by atoms with van der Waals surface area (Å²) in [4.78, 5) is 8.76. The van der Waals surface area contributed by atoms with Gasteiger partial charge in [0.25, 0.3) is 0 Å². The van der Waals surface area contributed by atoms with Crippen LogP contribution in [-0.2, 0) is 5.60 Å². The van der Waals surface area contributed by atoms with Crippen molar-refractivity contribution in [3.63, 3.8) is 0 Å². The van der Waals surface area contributed by atoms with Crippen molar-refractivity contribution in [2.24, 2.45) is 0 Å². The lowest BCUT2D eigenvalue weighted by molar-refractivity contribution is 0.0515. The van der Waals surface area contributed by atoms with Crippen LogP contribution >= 0.6 is 0 Å². The van der Waals surface area contributed by atoms with Crippen molar-refractivity contribution in [1.29, 1.82) is 0 Å². The second-order valence-electron chi connectivity index (χ2n) is 5.65. The monoisotopic (exact) mass is 285 g/mol. The predicted octanol–water partition coefficient (Wildman–Crippen LogP) is 3.11. The van der Waals surface area contributed by atoms with Gasteiger partial charge in [0.1, 0.15) is 11.6 Å². The lowest BCUT2D eigenvalue weighted by Crippen LogP contribution is -2.25. The number of aryl methyl sites for hydroxylation is 2. The molecule has 0 saturated carbocycles. The first kappa shape index (κ1) is 15.4. The molecule has 1 atom stereocenters. The molecule has 2 N–H and O–H groups in total. The van der Waals surface area contributed by atoms with Crippen LogP contribution in [0.2, 0.25) is 0 Å². The van der Waals surface area contributed by atoms with Gasteiger partial charge < -0.3 is 10.4 Å². The fourth-order valence-electron chi connectivity index (χ4n) is 2.31. The molecule has 1 heterocycles. The summed E-state index contributed by atoms with van der Waals surface area (Å²) < 4.78 is 0. The third-order valence-electron chi connectivity index (χ3n) is 3.80. The van der Waals surface area contributed by atoms with Crippen molar-refractivity contribution < 1.29 is 5.11 Å². The van der Waals surface area contributed by atoms with Crippen molar-refractivity contribution in [1.82, 2.24) is 9.97 Å². The highest BCUT2D eigenvalue weighted by Gasteiger charge is 2.22. The van der Waals surface area contributed by atoms with Gasteiger partial charge in [0.2, 0.25) is 0 Å². The minimum atomic E-state index is -0.848. The zero-order valence-corrected chi connectivity index (χ0v) is 13.1. The molecule has 112 valence electrons. The molecule has 0 aliphatic heterocycles. The number of anilines is 1. The van der Waals surface area contributed by atoms with E-state index in [4.69, 9.17) is 0 Å². The Kier molecular flexibility index (Phi) is 4.58. The maximum Gasteiger partial charge on any atom is 0.132 e. The van der Waals surface area contributed by atoms with Gasteiger partial charge in [-0.2, -0.15) is 0 Å². The van der Waals surface area contributed by atoms with Crippen LogP contribution in [0.5, 0.6) is 0 Å². The average molecular weight is 285 g/mol. The Balaban J connectivity index is 2.02. The van der Waals surface area contributed by atoms with E-state index in [1.807, 2.05) is 58.0 Å². The summed E-state index contributed by atoms with van der Waals surface area (Å²) in [5, 5.41) is 13.9. The van der Waals surface area contributed by atoms with E-state index >= 15 is 0 Å². The fourth-order valence-corrected chi connectivity index (χ4v) is 2.31. The van der Waals surface area contributed by atoms with Crippen LogP contribution in [0.4, 0.5) is 5.82 Å². The summed E-state index contributed by atoms with van der Waals surface area (Å²) in [7, 11) is 0. The second kappa shape index (κ2) is 6.22. The maximum absolute atomic E-state index is 10.6. The van der Waals surface area contributed by atoms with E-state index in [1.54, 1.807) is 0 Å². The van der Waals surface area contributed by atoms with Gasteiger partial charge in [-0.3, -0.25) is 0 Å². The van der Waals surface area contributed by atoms with Gasteiger partial charge in [-0.25, -0.2) is 9.97 Å². The summed E-state index contributed by atoms with van der Waals surface area (Å²) in [5.74, 6) is 1.61. The molecule has 0 saturated heterocycles. The van der Waals surface area contributed by atoms with E-state index in [9.17, 15) is 5.11 Å². The molecule has 2 rings (SSSR count). The molecule has 4 nitrogen and oxygen atoms in total. The van der Waals surface area contributed by atoms with E-state index in [0.717, 1.165) is 28.5 Å². The molecule has 0 aliphatic rings. The van der Waals surface area contributed by atoms with Crippen LogP contribution in [-0.4, -0.2) is 21.6 Å². The summed E-state index contributed by atoms with van der Waals surface area (Å²) in [6, 6.07) is 9.74. The highest BCUT2D eigenvalue weighted by molar-refractivity contribution is 5.45. The third-order valence-corrected chi connectivity index (χ3v) is 3.80. The Morgan fingerprint density at radius 3 is 2.43 bits per heavy atom. The first-order chi connectivity index (χ1) is 9.90. The van der Waals surface area contributed by atoms with Crippen molar-refractivity contribution in [3.05, 3.63) is 53.0 Å². The van der Waals surface area contributed by atoms with Crippen molar-refractivity contribution >= 4 is 5.82 Å². The Labute approximate surface area is 126 Å². The number of benzene rings is 1. The largest absolute Gasteiger partial charge is 0.385 e. The van der Waals surface area contributed by atoms with E-state index in [0.29, 0.717) is 13.0 Å². The Morgan fingerprint density at radius 1 is 1.10 bits per heavy atom. The third kappa shape index (κ3) is 3.79. The number of aromatic nitrogens is 2. The number of hydrogen-bond donors (Lipinski definition) is 2. The van der Waals surface area contributed by atoms with Crippen molar-refractivity contribution in [2.75, 3.05) is 11.9 Å². The topological polar surface area (TPSA) is 58.0 Å². The lowest BCUT2D eigenvalue weighted by Gasteiger charge is -2.24. The first-order valence-corrected chi connectivity index (χ1v) is 7.24. The van der Waals surface area contributed by atoms with Crippen molar-refractivity contribution in [3.8, 4) is 0 Å². The molecule has 0 amide bonds. The lowest BCUT2D eigenvalue weighted by atomic mass is 9.93. The molecule has 0 spiro atoms. The van der Waals surface area contributed by atoms with Gasteiger partial charge in [0.15, 0.2) is 0 Å².